The van der Waals surface area contributed by atoms with Crippen molar-refractivity contribution in [1.82, 2.24) is 9.47 Å². The summed E-state index contributed by atoms with van der Waals surface area (Å²) in [6.45, 7) is 4.66. The van der Waals surface area contributed by atoms with Crippen LogP contribution in [0.4, 0.5) is 13.2 Å². The fraction of sp³-hybridized carbons (Fsp3) is 0.320. The van der Waals surface area contributed by atoms with Crippen molar-refractivity contribution >= 4 is 17.5 Å². The Kier molecular flexibility index (Phi) is 5.61. The molecule has 1 aliphatic rings. The summed E-state index contributed by atoms with van der Waals surface area (Å²) in [5.74, 6) is -4.62. The van der Waals surface area contributed by atoms with Crippen LogP contribution in [0.5, 0.6) is 0 Å². The second-order valence-corrected chi connectivity index (χ2v) is 9.52. The fourth-order valence-corrected chi connectivity index (χ4v) is 4.75. The van der Waals surface area contributed by atoms with E-state index in [2.05, 4.69) is 0 Å². The maximum Gasteiger partial charge on any atom is 0.313 e. The second kappa shape index (κ2) is 7.92. The summed E-state index contributed by atoms with van der Waals surface area (Å²) in [5, 5.41) is 10.1. The Morgan fingerprint density at radius 1 is 1.24 bits per heavy atom. The highest BCUT2D eigenvalue weighted by molar-refractivity contribution is 6.30. The van der Waals surface area contributed by atoms with Crippen molar-refractivity contribution < 1.29 is 23.1 Å². The van der Waals surface area contributed by atoms with Crippen molar-refractivity contribution in [3.8, 4) is 11.1 Å². The van der Waals surface area contributed by atoms with Gasteiger partial charge in [0.05, 0.1) is 16.3 Å². The van der Waals surface area contributed by atoms with Crippen LogP contribution in [-0.4, -0.2) is 39.7 Å². The zero-order valence-electron chi connectivity index (χ0n) is 18.7. The molecule has 0 bridgehead atoms. The van der Waals surface area contributed by atoms with Gasteiger partial charge in [0.1, 0.15) is 11.5 Å². The molecule has 0 atom stereocenters. The summed E-state index contributed by atoms with van der Waals surface area (Å²) in [4.78, 5) is 14.9. The molecule has 1 amide bonds. The van der Waals surface area contributed by atoms with Crippen LogP contribution >= 0.6 is 11.6 Å². The molecule has 2 aromatic carbocycles. The van der Waals surface area contributed by atoms with E-state index in [1.807, 2.05) is 0 Å². The highest BCUT2D eigenvalue weighted by atomic mass is 35.5. The quantitative estimate of drug-likeness (QED) is 0.532. The number of hydrogen-bond donors (Lipinski definition) is 1. The molecule has 0 aliphatic carbocycles. The smallest absolute Gasteiger partial charge is 0.313 e. The number of nitrogens with zero attached hydrogens (tertiary/aromatic N) is 2. The lowest BCUT2D eigenvalue weighted by molar-refractivity contribution is 0.0261. The van der Waals surface area contributed by atoms with E-state index in [4.69, 9.17) is 11.6 Å². The van der Waals surface area contributed by atoms with Crippen molar-refractivity contribution in [3.63, 3.8) is 0 Å². The Morgan fingerprint density at radius 2 is 1.91 bits per heavy atom. The van der Waals surface area contributed by atoms with Crippen molar-refractivity contribution in [2.45, 2.75) is 38.8 Å². The summed E-state index contributed by atoms with van der Waals surface area (Å²) in [7, 11) is 1.50. The molecule has 0 radical (unpaired) electrons. The number of rotatable bonds is 4. The van der Waals surface area contributed by atoms with Gasteiger partial charge in [-0.2, -0.15) is 8.78 Å². The average Bonchev–Trinajstić information content (AvgIpc) is 3.01. The molecule has 4 nitrogen and oxygen atoms in total. The molecule has 2 heterocycles. The number of amides is 1. The lowest BCUT2D eigenvalue weighted by atomic mass is 9.93. The van der Waals surface area contributed by atoms with E-state index in [-0.39, 0.29) is 51.8 Å². The van der Waals surface area contributed by atoms with Crippen LogP contribution in [0.15, 0.2) is 42.5 Å². The van der Waals surface area contributed by atoms with Gasteiger partial charge in [0.25, 0.3) is 5.91 Å². The lowest BCUT2D eigenvalue weighted by Gasteiger charge is -2.30. The van der Waals surface area contributed by atoms with Gasteiger partial charge in [-0.25, -0.2) is 4.39 Å². The van der Waals surface area contributed by atoms with Crippen molar-refractivity contribution in [2.75, 3.05) is 13.6 Å². The predicted octanol–water partition coefficient (Wildman–Crippen LogP) is 5.60. The van der Waals surface area contributed by atoms with Crippen LogP contribution in [0.3, 0.4) is 0 Å². The number of aromatic nitrogens is 1. The molecular formula is C25H24ClF3N2O2. The maximum absolute atomic E-state index is 15.8. The van der Waals surface area contributed by atoms with E-state index in [9.17, 15) is 14.3 Å². The third-order valence-corrected chi connectivity index (χ3v) is 6.18. The first-order chi connectivity index (χ1) is 15.3. The molecule has 1 aliphatic heterocycles. The standard InChI is InChI=1S/C25H24ClF3N2O2/c1-14-20(15-9-10-18(26)19(27)11-15)21(23(32)30(4)13-24(2,3)33)31-12-16-7-5-6-8-17(16)25(28,29)22(14)31/h5-11,33H,12-13H2,1-4H3. The SMILES string of the molecule is Cc1c(-c2ccc(Cl)c(F)c2)c(C(=O)N(C)CC(C)(C)O)n2c1C(F)(F)c1ccccc1C2. The molecule has 33 heavy (non-hydrogen) atoms. The molecule has 1 aromatic heterocycles. The van der Waals surface area contributed by atoms with E-state index in [0.717, 1.165) is 6.07 Å². The van der Waals surface area contributed by atoms with Gasteiger partial charge in [-0.15, -0.1) is 0 Å². The summed E-state index contributed by atoms with van der Waals surface area (Å²) in [6, 6.07) is 10.2. The minimum atomic E-state index is -3.36. The molecule has 4 rings (SSSR count). The Bertz CT molecular complexity index is 1260. The number of benzene rings is 2. The zero-order chi connectivity index (χ0) is 24.3. The second-order valence-electron chi connectivity index (χ2n) is 9.12. The van der Waals surface area contributed by atoms with Crippen LogP contribution < -0.4 is 0 Å². The number of likely N-dealkylation sites (N-methyl/N-ethyl adjacent to an activating group) is 1. The number of alkyl halides is 2. The van der Waals surface area contributed by atoms with E-state index in [1.165, 1.54) is 41.6 Å². The number of halogens is 4. The van der Waals surface area contributed by atoms with Crippen LogP contribution in [0.2, 0.25) is 5.02 Å². The molecule has 0 unspecified atom stereocenters. The van der Waals surface area contributed by atoms with Crippen LogP contribution in [-0.2, 0) is 12.5 Å². The summed E-state index contributed by atoms with van der Waals surface area (Å²) in [6.07, 6.45) is 0. The minimum absolute atomic E-state index is 0.0187. The number of fused-ring (bicyclic) bond motifs is 2. The topological polar surface area (TPSA) is 45.5 Å². The van der Waals surface area contributed by atoms with Gasteiger partial charge < -0.3 is 14.6 Å². The number of carbonyl (C=O) groups excluding carboxylic acids is 1. The molecule has 0 fully saturated rings. The Morgan fingerprint density at radius 3 is 2.55 bits per heavy atom. The van der Waals surface area contributed by atoms with Crippen molar-refractivity contribution in [1.29, 1.82) is 0 Å². The minimum Gasteiger partial charge on any atom is -0.389 e. The third-order valence-electron chi connectivity index (χ3n) is 5.87. The van der Waals surface area contributed by atoms with Crippen LogP contribution in [0, 0.1) is 12.7 Å². The van der Waals surface area contributed by atoms with Crippen LogP contribution in [0.25, 0.3) is 11.1 Å². The summed E-state index contributed by atoms with van der Waals surface area (Å²) < 4.78 is 47.2. The normalized spacial score (nSPS) is 14.6. The third kappa shape index (κ3) is 3.93. The monoisotopic (exact) mass is 476 g/mol. The van der Waals surface area contributed by atoms with Gasteiger partial charge in [0, 0.05) is 31.3 Å². The molecule has 0 spiro atoms. The summed E-state index contributed by atoms with van der Waals surface area (Å²) in [5.41, 5.74) is -0.501. The highest BCUT2D eigenvalue weighted by Gasteiger charge is 2.46. The molecule has 174 valence electrons. The van der Waals surface area contributed by atoms with Gasteiger partial charge in [0.15, 0.2) is 0 Å². The van der Waals surface area contributed by atoms with Gasteiger partial charge in [0.2, 0.25) is 0 Å². The fourth-order valence-electron chi connectivity index (χ4n) is 4.63. The molecule has 3 aromatic rings. The summed E-state index contributed by atoms with van der Waals surface area (Å²) >= 11 is 5.84. The van der Waals surface area contributed by atoms with E-state index in [1.54, 1.807) is 32.0 Å². The van der Waals surface area contributed by atoms with E-state index >= 15 is 8.78 Å². The Labute approximate surface area is 195 Å². The average molecular weight is 477 g/mol. The number of aliphatic hydroxyl groups is 1. The van der Waals surface area contributed by atoms with Crippen molar-refractivity contribution in [3.05, 3.63) is 81.4 Å². The van der Waals surface area contributed by atoms with Crippen LogP contribution in [0.1, 0.15) is 46.7 Å². The molecular weight excluding hydrogens is 453 g/mol. The van der Waals surface area contributed by atoms with Gasteiger partial charge in [-0.3, -0.25) is 4.79 Å². The highest BCUT2D eigenvalue weighted by Crippen LogP contribution is 2.48. The Balaban J connectivity index is 2.01. The lowest BCUT2D eigenvalue weighted by Crippen LogP contribution is -2.41. The largest absolute Gasteiger partial charge is 0.389 e. The molecule has 0 saturated heterocycles. The number of carbonyl (C=O) groups is 1. The van der Waals surface area contributed by atoms with Crippen molar-refractivity contribution in [2.24, 2.45) is 0 Å². The predicted molar refractivity (Wildman–Crippen MR) is 121 cm³/mol. The molecule has 1 N–H and O–H groups in total. The first-order valence-corrected chi connectivity index (χ1v) is 10.8. The molecule has 0 saturated carbocycles. The van der Waals surface area contributed by atoms with Gasteiger partial charge in [-0.05, 0) is 49.6 Å². The zero-order valence-corrected chi connectivity index (χ0v) is 19.5. The van der Waals surface area contributed by atoms with Gasteiger partial charge >= 0.3 is 5.92 Å². The van der Waals surface area contributed by atoms with E-state index in [0.29, 0.717) is 5.56 Å². The first-order valence-electron chi connectivity index (χ1n) is 10.5. The maximum atomic E-state index is 15.8. The van der Waals surface area contributed by atoms with Gasteiger partial charge in [-0.1, -0.05) is 41.9 Å². The van der Waals surface area contributed by atoms with E-state index < -0.39 is 23.2 Å². The Hall–Kier alpha value is -2.77. The first kappa shape index (κ1) is 23.4. The molecule has 8 heteroatoms. The number of hydrogen-bond acceptors (Lipinski definition) is 2.